The highest BCUT2D eigenvalue weighted by Crippen LogP contribution is 2.24. The second kappa shape index (κ2) is 5.51. The minimum atomic E-state index is 0.230. The van der Waals surface area contributed by atoms with Crippen molar-refractivity contribution >= 4 is 5.69 Å². The summed E-state index contributed by atoms with van der Waals surface area (Å²) < 4.78 is 0. The number of benzene rings is 1. The molecule has 2 N–H and O–H groups in total. The number of anilines is 1. The molecular formula is C16H27N3. The van der Waals surface area contributed by atoms with Crippen LogP contribution in [0.4, 0.5) is 5.69 Å². The number of likely N-dealkylation sites (N-methyl/N-ethyl adjacent to an activating group) is 1. The van der Waals surface area contributed by atoms with Crippen molar-refractivity contribution in [2.45, 2.75) is 38.8 Å². The highest BCUT2D eigenvalue weighted by molar-refractivity contribution is 5.48. The fourth-order valence-corrected chi connectivity index (χ4v) is 2.68. The van der Waals surface area contributed by atoms with E-state index in [0.29, 0.717) is 0 Å². The van der Waals surface area contributed by atoms with Gasteiger partial charge in [0.25, 0.3) is 0 Å². The summed E-state index contributed by atoms with van der Waals surface area (Å²) in [7, 11) is 2.21. The summed E-state index contributed by atoms with van der Waals surface area (Å²) in [5.41, 5.74) is 8.73. The average Bonchev–Trinajstić information content (AvgIpc) is 2.33. The molecule has 0 radical (unpaired) electrons. The highest BCUT2D eigenvalue weighted by Gasteiger charge is 2.30. The lowest BCUT2D eigenvalue weighted by atomic mass is 9.99. The minimum absolute atomic E-state index is 0.230. The summed E-state index contributed by atoms with van der Waals surface area (Å²) in [5.74, 6) is 0. The largest absolute Gasteiger partial charge is 0.368 e. The van der Waals surface area contributed by atoms with E-state index in [9.17, 15) is 0 Å². The van der Waals surface area contributed by atoms with Crippen LogP contribution in [0.3, 0.4) is 0 Å². The van der Waals surface area contributed by atoms with Crippen LogP contribution < -0.4 is 10.6 Å². The van der Waals surface area contributed by atoms with Crippen molar-refractivity contribution in [3.8, 4) is 0 Å². The van der Waals surface area contributed by atoms with Crippen LogP contribution in [0.15, 0.2) is 24.3 Å². The smallest absolute Gasteiger partial charge is 0.0367 e. The number of nitrogens with two attached hydrogens (primary N) is 1. The Hall–Kier alpha value is -1.06. The van der Waals surface area contributed by atoms with Gasteiger partial charge in [-0.25, -0.2) is 0 Å². The maximum absolute atomic E-state index is 5.84. The number of hydrogen-bond acceptors (Lipinski definition) is 3. The van der Waals surface area contributed by atoms with Crippen LogP contribution in [0.2, 0.25) is 0 Å². The summed E-state index contributed by atoms with van der Waals surface area (Å²) in [6, 6.07) is 9.13. The Bertz CT molecular complexity index is 409. The zero-order valence-electron chi connectivity index (χ0n) is 12.7. The zero-order chi connectivity index (χ0) is 14.0. The van der Waals surface area contributed by atoms with Crippen molar-refractivity contribution in [3.05, 3.63) is 29.8 Å². The van der Waals surface area contributed by atoms with Gasteiger partial charge >= 0.3 is 0 Å². The van der Waals surface area contributed by atoms with E-state index >= 15 is 0 Å². The van der Waals surface area contributed by atoms with Crippen LogP contribution in [0.5, 0.6) is 0 Å². The second-order valence-electron chi connectivity index (χ2n) is 6.50. The van der Waals surface area contributed by atoms with Gasteiger partial charge < -0.3 is 10.6 Å². The average molecular weight is 261 g/mol. The first-order valence-electron chi connectivity index (χ1n) is 7.19. The molecule has 1 aliphatic heterocycles. The monoisotopic (exact) mass is 261 g/mol. The predicted molar refractivity (Wildman–Crippen MR) is 82.7 cm³/mol. The molecule has 1 unspecified atom stereocenters. The normalized spacial score (nSPS) is 21.4. The molecule has 0 bridgehead atoms. The number of hydrogen-bond donors (Lipinski definition) is 1. The summed E-state index contributed by atoms with van der Waals surface area (Å²) in [4.78, 5) is 4.92. The van der Waals surface area contributed by atoms with E-state index < -0.39 is 0 Å². The number of piperazine rings is 1. The van der Waals surface area contributed by atoms with Crippen LogP contribution in [0.1, 0.15) is 26.3 Å². The topological polar surface area (TPSA) is 32.5 Å². The SMILES string of the molecule is CC(N)Cc1ccc(N2CCN(C)C(C)(C)C2)cc1. The lowest BCUT2D eigenvalue weighted by molar-refractivity contribution is 0.139. The Morgan fingerprint density at radius 3 is 2.37 bits per heavy atom. The molecule has 1 atom stereocenters. The molecule has 3 heteroatoms. The first kappa shape index (κ1) is 14.4. The molecule has 106 valence electrons. The van der Waals surface area contributed by atoms with Gasteiger partial charge in [-0.2, -0.15) is 0 Å². The van der Waals surface area contributed by atoms with Crippen LogP contribution in [0, 0.1) is 0 Å². The molecule has 0 saturated carbocycles. The number of nitrogens with zero attached hydrogens (tertiary/aromatic N) is 2. The Balaban J connectivity index is 2.06. The van der Waals surface area contributed by atoms with Crippen molar-refractivity contribution in [2.24, 2.45) is 5.73 Å². The van der Waals surface area contributed by atoms with Gasteiger partial charge in [0.2, 0.25) is 0 Å². The fraction of sp³-hybridized carbons (Fsp3) is 0.625. The van der Waals surface area contributed by atoms with Gasteiger partial charge in [0.1, 0.15) is 0 Å². The molecule has 0 amide bonds. The lowest BCUT2D eigenvalue weighted by Gasteiger charge is -2.46. The molecule has 1 heterocycles. The minimum Gasteiger partial charge on any atom is -0.368 e. The first-order chi connectivity index (χ1) is 8.88. The summed E-state index contributed by atoms with van der Waals surface area (Å²) in [5, 5.41) is 0. The molecule has 2 rings (SSSR count). The van der Waals surface area contributed by atoms with Gasteiger partial charge in [0.15, 0.2) is 0 Å². The van der Waals surface area contributed by atoms with Crippen molar-refractivity contribution in [1.82, 2.24) is 4.90 Å². The van der Waals surface area contributed by atoms with E-state index in [1.54, 1.807) is 0 Å². The third-order valence-electron chi connectivity index (χ3n) is 4.18. The van der Waals surface area contributed by atoms with E-state index in [1.165, 1.54) is 11.3 Å². The highest BCUT2D eigenvalue weighted by atomic mass is 15.3. The molecule has 0 spiro atoms. The molecule has 1 aromatic rings. The number of rotatable bonds is 3. The van der Waals surface area contributed by atoms with Crippen LogP contribution in [0.25, 0.3) is 0 Å². The van der Waals surface area contributed by atoms with Gasteiger partial charge in [-0.3, -0.25) is 4.90 Å². The van der Waals surface area contributed by atoms with E-state index in [4.69, 9.17) is 5.73 Å². The zero-order valence-corrected chi connectivity index (χ0v) is 12.7. The van der Waals surface area contributed by atoms with Crippen molar-refractivity contribution in [2.75, 3.05) is 31.6 Å². The van der Waals surface area contributed by atoms with Gasteiger partial charge in [0.05, 0.1) is 0 Å². The van der Waals surface area contributed by atoms with E-state index in [2.05, 4.69) is 61.9 Å². The molecular weight excluding hydrogens is 234 g/mol. The Kier molecular flexibility index (Phi) is 4.16. The maximum atomic E-state index is 5.84. The molecule has 1 fully saturated rings. The quantitative estimate of drug-likeness (QED) is 0.904. The molecule has 0 aliphatic carbocycles. The predicted octanol–water partition coefficient (Wildman–Crippen LogP) is 2.11. The van der Waals surface area contributed by atoms with Crippen LogP contribution in [-0.2, 0) is 6.42 Å². The van der Waals surface area contributed by atoms with Gasteiger partial charge in [-0.1, -0.05) is 12.1 Å². The second-order valence-corrected chi connectivity index (χ2v) is 6.50. The third-order valence-corrected chi connectivity index (χ3v) is 4.18. The van der Waals surface area contributed by atoms with Gasteiger partial charge in [-0.05, 0) is 51.9 Å². The van der Waals surface area contributed by atoms with Crippen molar-refractivity contribution in [3.63, 3.8) is 0 Å². The van der Waals surface area contributed by atoms with E-state index in [-0.39, 0.29) is 11.6 Å². The Morgan fingerprint density at radius 1 is 1.21 bits per heavy atom. The maximum Gasteiger partial charge on any atom is 0.0367 e. The first-order valence-corrected chi connectivity index (χ1v) is 7.19. The van der Waals surface area contributed by atoms with Gasteiger partial charge in [0, 0.05) is 36.9 Å². The van der Waals surface area contributed by atoms with Gasteiger partial charge in [-0.15, -0.1) is 0 Å². The molecule has 1 saturated heterocycles. The van der Waals surface area contributed by atoms with Crippen LogP contribution >= 0.6 is 0 Å². The van der Waals surface area contributed by atoms with Crippen molar-refractivity contribution < 1.29 is 0 Å². The van der Waals surface area contributed by atoms with Crippen LogP contribution in [-0.4, -0.2) is 43.2 Å². The Morgan fingerprint density at radius 2 is 1.84 bits per heavy atom. The van der Waals surface area contributed by atoms with E-state index in [0.717, 1.165) is 26.1 Å². The molecule has 19 heavy (non-hydrogen) atoms. The fourth-order valence-electron chi connectivity index (χ4n) is 2.68. The summed E-state index contributed by atoms with van der Waals surface area (Å²) in [6.45, 7) is 9.97. The lowest BCUT2D eigenvalue weighted by Crippen LogP contribution is -2.57. The van der Waals surface area contributed by atoms with E-state index in [1.807, 2.05) is 0 Å². The molecule has 0 aromatic heterocycles. The van der Waals surface area contributed by atoms with Crippen molar-refractivity contribution in [1.29, 1.82) is 0 Å². The molecule has 1 aromatic carbocycles. The Labute approximate surface area is 117 Å². The third kappa shape index (κ3) is 3.48. The standard InChI is InChI=1S/C16H27N3/c1-13(17)11-14-5-7-15(8-6-14)19-10-9-18(4)16(2,3)12-19/h5-8,13H,9-12,17H2,1-4H3. The summed E-state index contributed by atoms with van der Waals surface area (Å²) in [6.07, 6.45) is 0.953. The summed E-state index contributed by atoms with van der Waals surface area (Å²) >= 11 is 0. The molecule has 3 nitrogen and oxygen atoms in total. The molecule has 1 aliphatic rings.